The van der Waals surface area contributed by atoms with Crippen LogP contribution in [0, 0.1) is 16.7 Å². The monoisotopic (exact) mass is 470 g/mol. The molecular formula is C25H46N2O6. The molecule has 0 bridgehead atoms. The van der Waals surface area contributed by atoms with Crippen LogP contribution in [0.2, 0.25) is 0 Å². The van der Waals surface area contributed by atoms with Crippen LogP contribution in [0.3, 0.4) is 0 Å². The van der Waals surface area contributed by atoms with E-state index in [2.05, 4.69) is 38.3 Å². The highest BCUT2D eigenvalue weighted by atomic mass is 16.7. The van der Waals surface area contributed by atoms with Crippen LogP contribution in [-0.4, -0.2) is 56.0 Å². The second-order valence-electron chi connectivity index (χ2n) is 11.1. The highest BCUT2D eigenvalue weighted by Gasteiger charge is 2.45. The zero-order chi connectivity index (χ0) is 25.3. The lowest BCUT2D eigenvalue weighted by atomic mass is 9.77. The van der Waals surface area contributed by atoms with E-state index in [4.69, 9.17) is 14.2 Å². The third-order valence-corrected chi connectivity index (χ3v) is 5.86. The van der Waals surface area contributed by atoms with Crippen molar-refractivity contribution in [3.8, 4) is 0 Å². The van der Waals surface area contributed by atoms with Crippen molar-refractivity contribution in [2.24, 2.45) is 16.7 Å². The third kappa shape index (κ3) is 10.4. The van der Waals surface area contributed by atoms with Crippen molar-refractivity contribution in [1.29, 1.82) is 0 Å². The second kappa shape index (κ2) is 12.7. The van der Waals surface area contributed by atoms with Crippen molar-refractivity contribution in [2.45, 2.75) is 99.4 Å². The molecule has 0 aromatic heterocycles. The Morgan fingerprint density at radius 3 is 2.33 bits per heavy atom. The topological polar surface area (TPSA) is 103 Å². The molecule has 8 nitrogen and oxygen atoms in total. The first kappa shape index (κ1) is 29.4. The van der Waals surface area contributed by atoms with Crippen molar-refractivity contribution in [3.05, 3.63) is 0 Å². The quantitative estimate of drug-likeness (QED) is 0.334. The van der Waals surface area contributed by atoms with E-state index < -0.39 is 17.3 Å². The molecule has 1 aliphatic heterocycles. The lowest BCUT2D eigenvalue weighted by Crippen LogP contribution is -2.56. The highest BCUT2D eigenvalue weighted by molar-refractivity contribution is 5.82. The van der Waals surface area contributed by atoms with Crippen molar-refractivity contribution in [1.82, 2.24) is 10.6 Å². The fourth-order valence-electron chi connectivity index (χ4n) is 3.73. The van der Waals surface area contributed by atoms with Crippen molar-refractivity contribution in [3.63, 3.8) is 0 Å². The molecule has 192 valence electrons. The van der Waals surface area contributed by atoms with E-state index in [1.165, 1.54) is 0 Å². The van der Waals surface area contributed by atoms with Gasteiger partial charge in [0.15, 0.2) is 5.79 Å². The Morgan fingerprint density at radius 1 is 1.06 bits per heavy atom. The standard InChI is InChI=1S/C25H46N2O6/c1-9-10-12-18(23(2,3)4)21(29)26-14-11-16-31-19(28)13-15-27-22(30)20-24(5,6)17-32-25(7,8)33-20/h18,20H,9-17H2,1-8H3,(H,26,29)(H,27,30). The van der Waals surface area contributed by atoms with E-state index in [1.54, 1.807) is 13.8 Å². The summed E-state index contributed by atoms with van der Waals surface area (Å²) in [6.45, 7) is 17.0. The first-order valence-corrected chi connectivity index (χ1v) is 12.2. The Balaban J connectivity index is 2.27. The number of rotatable bonds is 12. The fourth-order valence-corrected chi connectivity index (χ4v) is 3.73. The van der Waals surface area contributed by atoms with Crippen molar-refractivity contribution < 1.29 is 28.6 Å². The van der Waals surface area contributed by atoms with Gasteiger partial charge in [-0.25, -0.2) is 0 Å². The van der Waals surface area contributed by atoms with Crippen LogP contribution < -0.4 is 10.6 Å². The summed E-state index contributed by atoms with van der Waals surface area (Å²) in [7, 11) is 0. The first-order valence-electron chi connectivity index (χ1n) is 12.2. The molecule has 1 heterocycles. The lowest BCUT2D eigenvalue weighted by Gasteiger charge is -2.44. The van der Waals surface area contributed by atoms with Crippen LogP contribution in [0.15, 0.2) is 0 Å². The van der Waals surface area contributed by atoms with Crippen LogP contribution in [0.25, 0.3) is 0 Å². The van der Waals surface area contributed by atoms with Gasteiger partial charge in [-0.15, -0.1) is 0 Å². The third-order valence-electron chi connectivity index (χ3n) is 5.86. The number of carbonyl (C=O) groups is 3. The molecule has 8 heteroatoms. The van der Waals surface area contributed by atoms with Gasteiger partial charge in [-0.1, -0.05) is 54.4 Å². The van der Waals surface area contributed by atoms with Crippen molar-refractivity contribution >= 4 is 17.8 Å². The number of hydrogen-bond acceptors (Lipinski definition) is 6. The van der Waals surface area contributed by atoms with Gasteiger partial charge in [0.1, 0.15) is 6.10 Å². The maximum absolute atomic E-state index is 12.6. The average Bonchev–Trinajstić information content (AvgIpc) is 2.69. The van der Waals surface area contributed by atoms with E-state index in [9.17, 15) is 14.4 Å². The summed E-state index contributed by atoms with van der Waals surface area (Å²) in [6.07, 6.45) is 2.94. The Hall–Kier alpha value is -1.67. The molecule has 2 N–H and O–H groups in total. The van der Waals surface area contributed by atoms with Gasteiger partial charge >= 0.3 is 5.97 Å². The molecule has 0 spiro atoms. The van der Waals surface area contributed by atoms with Crippen LogP contribution in [0.4, 0.5) is 0 Å². The van der Waals surface area contributed by atoms with Gasteiger partial charge in [-0.2, -0.15) is 0 Å². The zero-order valence-corrected chi connectivity index (χ0v) is 22.0. The SMILES string of the molecule is CCCCC(C(=O)NCCCOC(=O)CCNC(=O)C1OC(C)(C)OCC1(C)C)C(C)(C)C. The molecule has 1 rings (SSSR count). The molecule has 0 aromatic carbocycles. The molecule has 1 saturated heterocycles. The summed E-state index contributed by atoms with van der Waals surface area (Å²) < 4.78 is 16.6. The van der Waals surface area contributed by atoms with Gasteiger partial charge in [-0.3, -0.25) is 14.4 Å². The van der Waals surface area contributed by atoms with E-state index in [1.807, 2.05) is 13.8 Å². The van der Waals surface area contributed by atoms with Gasteiger partial charge in [0.25, 0.3) is 0 Å². The predicted molar refractivity (Wildman–Crippen MR) is 127 cm³/mol. The Labute approximate surface area is 199 Å². The van der Waals surface area contributed by atoms with E-state index in [0.717, 1.165) is 19.3 Å². The molecular weight excluding hydrogens is 424 g/mol. The fraction of sp³-hybridized carbons (Fsp3) is 0.880. The molecule has 0 aromatic rings. The lowest BCUT2D eigenvalue weighted by molar-refractivity contribution is -0.304. The number of nitrogens with one attached hydrogen (secondary N) is 2. The second-order valence-corrected chi connectivity index (χ2v) is 11.1. The molecule has 2 atom stereocenters. The molecule has 0 saturated carbocycles. The number of esters is 1. The summed E-state index contributed by atoms with van der Waals surface area (Å²) in [6, 6.07) is 0. The van der Waals surface area contributed by atoms with Gasteiger partial charge in [0, 0.05) is 24.4 Å². The maximum Gasteiger partial charge on any atom is 0.307 e. The molecule has 0 aliphatic carbocycles. The summed E-state index contributed by atoms with van der Waals surface area (Å²) in [5, 5.41) is 5.73. The molecule has 1 fully saturated rings. The summed E-state index contributed by atoms with van der Waals surface area (Å²) in [5.74, 6) is -1.44. The zero-order valence-electron chi connectivity index (χ0n) is 22.0. The van der Waals surface area contributed by atoms with E-state index in [-0.39, 0.29) is 48.7 Å². The Morgan fingerprint density at radius 2 is 1.73 bits per heavy atom. The summed E-state index contributed by atoms with van der Waals surface area (Å²) >= 11 is 0. The number of carbonyl (C=O) groups excluding carboxylic acids is 3. The van der Waals surface area contributed by atoms with Gasteiger partial charge in [0.05, 0.1) is 19.6 Å². The predicted octanol–water partition coefficient (Wildman–Crippen LogP) is 3.57. The van der Waals surface area contributed by atoms with Crippen LogP contribution in [0.1, 0.15) is 87.5 Å². The van der Waals surface area contributed by atoms with E-state index >= 15 is 0 Å². The minimum Gasteiger partial charge on any atom is -0.466 e. The normalized spacial score (nSPS) is 20.5. The number of unbranched alkanes of at least 4 members (excludes halogenated alkanes) is 1. The largest absolute Gasteiger partial charge is 0.466 e. The molecule has 0 radical (unpaired) electrons. The Bertz CT molecular complexity index is 654. The van der Waals surface area contributed by atoms with Crippen LogP contribution in [0.5, 0.6) is 0 Å². The summed E-state index contributed by atoms with van der Waals surface area (Å²) in [5.41, 5.74) is -0.552. The number of hydrogen-bond donors (Lipinski definition) is 2. The molecule has 2 amide bonds. The van der Waals surface area contributed by atoms with Crippen LogP contribution >= 0.6 is 0 Å². The van der Waals surface area contributed by atoms with Gasteiger partial charge < -0.3 is 24.8 Å². The Kier molecular flexibility index (Phi) is 11.3. The van der Waals surface area contributed by atoms with Crippen LogP contribution in [-0.2, 0) is 28.6 Å². The number of amides is 2. The first-order chi connectivity index (χ1) is 15.2. The minimum atomic E-state index is -0.825. The van der Waals surface area contributed by atoms with Gasteiger partial charge in [0.2, 0.25) is 11.8 Å². The van der Waals surface area contributed by atoms with Gasteiger partial charge in [-0.05, 0) is 32.1 Å². The average molecular weight is 471 g/mol. The molecule has 2 unspecified atom stereocenters. The minimum absolute atomic E-state index is 0.0288. The smallest absolute Gasteiger partial charge is 0.307 e. The van der Waals surface area contributed by atoms with E-state index in [0.29, 0.717) is 19.6 Å². The van der Waals surface area contributed by atoms with Crippen molar-refractivity contribution in [2.75, 3.05) is 26.3 Å². The summed E-state index contributed by atoms with van der Waals surface area (Å²) in [4.78, 5) is 37.1. The maximum atomic E-state index is 12.6. The molecule has 33 heavy (non-hydrogen) atoms. The highest BCUT2D eigenvalue weighted by Crippen LogP contribution is 2.35. The molecule has 1 aliphatic rings. The number of ether oxygens (including phenoxy) is 3.